The standard InChI is InChI=1S/C17H15Cl2NO4/c1-10(14-6-5-12(18)8-15(14)19)20-16(22)9-24-17(23)11-3-2-4-13(21)7-11/h2-8,10,21H,9H2,1H3,(H,20,22)/t10-/m1/s1. The van der Waals surface area contributed by atoms with Crippen molar-refractivity contribution >= 4 is 35.1 Å². The van der Waals surface area contributed by atoms with Crippen LogP contribution < -0.4 is 5.32 Å². The van der Waals surface area contributed by atoms with E-state index < -0.39 is 18.5 Å². The average Bonchev–Trinajstić information content (AvgIpc) is 2.52. The molecule has 2 aromatic carbocycles. The normalized spacial score (nSPS) is 11.6. The first-order valence-corrected chi connectivity index (χ1v) is 7.83. The van der Waals surface area contributed by atoms with E-state index >= 15 is 0 Å². The number of halogens is 2. The van der Waals surface area contributed by atoms with Crippen LogP contribution in [0.1, 0.15) is 28.9 Å². The van der Waals surface area contributed by atoms with E-state index in [9.17, 15) is 14.7 Å². The lowest BCUT2D eigenvalue weighted by Crippen LogP contribution is -2.31. The Hall–Kier alpha value is -2.24. The van der Waals surface area contributed by atoms with Gasteiger partial charge >= 0.3 is 5.97 Å². The smallest absolute Gasteiger partial charge is 0.338 e. The number of carbonyl (C=O) groups excluding carboxylic acids is 2. The number of ether oxygens (including phenoxy) is 1. The van der Waals surface area contributed by atoms with Crippen molar-refractivity contribution in [3.8, 4) is 5.75 Å². The van der Waals surface area contributed by atoms with Gasteiger partial charge in [-0.05, 0) is 42.8 Å². The van der Waals surface area contributed by atoms with Crippen LogP contribution in [0.5, 0.6) is 5.75 Å². The molecule has 2 rings (SSSR count). The minimum atomic E-state index is -0.696. The SMILES string of the molecule is C[C@@H](NC(=O)COC(=O)c1cccc(O)c1)c1ccc(Cl)cc1Cl. The molecule has 2 N–H and O–H groups in total. The third-order valence-electron chi connectivity index (χ3n) is 3.22. The van der Waals surface area contributed by atoms with Crippen LogP contribution in [0.25, 0.3) is 0 Å². The van der Waals surface area contributed by atoms with E-state index in [1.165, 1.54) is 24.3 Å². The summed E-state index contributed by atoms with van der Waals surface area (Å²) in [6.45, 7) is 1.31. The van der Waals surface area contributed by atoms with E-state index in [1.54, 1.807) is 25.1 Å². The lowest BCUT2D eigenvalue weighted by molar-refractivity contribution is -0.124. The number of nitrogens with one attached hydrogen (secondary N) is 1. The van der Waals surface area contributed by atoms with Gasteiger partial charge in [-0.2, -0.15) is 0 Å². The highest BCUT2D eigenvalue weighted by Gasteiger charge is 2.15. The number of benzene rings is 2. The average molecular weight is 368 g/mol. The van der Waals surface area contributed by atoms with Crippen LogP contribution >= 0.6 is 23.2 Å². The number of aromatic hydroxyl groups is 1. The molecule has 0 aliphatic rings. The van der Waals surface area contributed by atoms with Gasteiger partial charge in [-0.25, -0.2) is 4.79 Å². The van der Waals surface area contributed by atoms with E-state index in [2.05, 4.69) is 5.32 Å². The van der Waals surface area contributed by atoms with E-state index in [0.29, 0.717) is 15.6 Å². The molecule has 0 bridgehead atoms. The molecule has 0 spiro atoms. The largest absolute Gasteiger partial charge is 0.508 e. The van der Waals surface area contributed by atoms with Gasteiger partial charge in [0.25, 0.3) is 5.91 Å². The summed E-state index contributed by atoms with van der Waals surface area (Å²) in [5, 5.41) is 12.9. The Labute approximate surface area is 149 Å². The number of phenolic OH excluding ortho intramolecular Hbond substituents is 1. The van der Waals surface area contributed by atoms with Crippen LogP contribution in [-0.2, 0) is 9.53 Å². The van der Waals surface area contributed by atoms with Crippen molar-refractivity contribution in [1.29, 1.82) is 0 Å². The van der Waals surface area contributed by atoms with Crippen LogP contribution in [0.4, 0.5) is 0 Å². The van der Waals surface area contributed by atoms with Crippen molar-refractivity contribution in [1.82, 2.24) is 5.32 Å². The Morgan fingerprint density at radius 3 is 2.62 bits per heavy atom. The van der Waals surface area contributed by atoms with Crippen molar-refractivity contribution in [3.63, 3.8) is 0 Å². The topological polar surface area (TPSA) is 75.6 Å². The second-order valence-corrected chi connectivity index (χ2v) is 5.93. The molecule has 0 aliphatic heterocycles. The number of carbonyl (C=O) groups is 2. The van der Waals surface area contributed by atoms with Gasteiger partial charge in [-0.15, -0.1) is 0 Å². The molecule has 0 fully saturated rings. The zero-order valence-electron chi connectivity index (χ0n) is 12.8. The van der Waals surface area contributed by atoms with E-state index in [1.807, 2.05) is 0 Å². The van der Waals surface area contributed by atoms with Crippen molar-refractivity contribution in [2.75, 3.05) is 6.61 Å². The van der Waals surface area contributed by atoms with Crippen LogP contribution in [0.15, 0.2) is 42.5 Å². The Morgan fingerprint density at radius 2 is 1.96 bits per heavy atom. The third kappa shape index (κ3) is 4.88. The molecule has 0 aromatic heterocycles. The van der Waals surface area contributed by atoms with Crippen LogP contribution in [0, 0.1) is 0 Å². The Kier molecular flexibility index (Phi) is 6.06. The maximum atomic E-state index is 11.9. The molecular weight excluding hydrogens is 353 g/mol. The Balaban J connectivity index is 1.90. The summed E-state index contributed by atoms with van der Waals surface area (Å²) in [5.41, 5.74) is 0.866. The summed E-state index contributed by atoms with van der Waals surface area (Å²) in [7, 11) is 0. The molecule has 1 amide bonds. The maximum absolute atomic E-state index is 11.9. The molecule has 0 aliphatic carbocycles. The first-order chi connectivity index (χ1) is 11.4. The van der Waals surface area contributed by atoms with Gasteiger partial charge in [0.2, 0.25) is 0 Å². The summed E-state index contributed by atoms with van der Waals surface area (Å²) in [5.74, 6) is -1.22. The molecule has 1 atom stereocenters. The minimum absolute atomic E-state index is 0.0556. The molecule has 0 unspecified atom stereocenters. The van der Waals surface area contributed by atoms with E-state index in [0.717, 1.165) is 0 Å². The molecule has 24 heavy (non-hydrogen) atoms. The number of esters is 1. The molecule has 5 nitrogen and oxygen atoms in total. The summed E-state index contributed by atoms with van der Waals surface area (Å²) in [6.07, 6.45) is 0. The third-order valence-corrected chi connectivity index (χ3v) is 3.79. The molecule has 0 saturated carbocycles. The fraction of sp³-hybridized carbons (Fsp3) is 0.176. The summed E-state index contributed by atoms with van der Waals surface area (Å²) in [4.78, 5) is 23.7. The van der Waals surface area contributed by atoms with Gasteiger partial charge in [0.05, 0.1) is 11.6 Å². The van der Waals surface area contributed by atoms with Gasteiger partial charge in [0.1, 0.15) is 5.75 Å². The number of hydrogen-bond donors (Lipinski definition) is 2. The van der Waals surface area contributed by atoms with Crippen molar-refractivity contribution in [3.05, 3.63) is 63.6 Å². The summed E-state index contributed by atoms with van der Waals surface area (Å²) < 4.78 is 4.91. The molecule has 0 radical (unpaired) electrons. The lowest BCUT2D eigenvalue weighted by Gasteiger charge is -2.16. The summed E-state index contributed by atoms with van der Waals surface area (Å²) in [6, 6.07) is 10.3. The second-order valence-electron chi connectivity index (χ2n) is 5.08. The highest BCUT2D eigenvalue weighted by atomic mass is 35.5. The zero-order chi connectivity index (χ0) is 17.7. The first kappa shape index (κ1) is 18.1. The molecule has 2 aromatic rings. The molecule has 7 heteroatoms. The first-order valence-electron chi connectivity index (χ1n) is 7.07. The van der Waals surface area contributed by atoms with E-state index in [-0.39, 0.29) is 17.4 Å². The van der Waals surface area contributed by atoms with Crippen molar-refractivity contribution in [2.45, 2.75) is 13.0 Å². The van der Waals surface area contributed by atoms with Crippen LogP contribution in [0.3, 0.4) is 0 Å². The second kappa shape index (κ2) is 8.04. The van der Waals surface area contributed by atoms with Gasteiger partial charge < -0.3 is 15.2 Å². The van der Waals surface area contributed by atoms with Gasteiger partial charge in [-0.1, -0.05) is 35.3 Å². The fourth-order valence-corrected chi connectivity index (χ4v) is 2.63. The van der Waals surface area contributed by atoms with Crippen molar-refractivity contribution in [2.24, 2.45) is 0 Å². The predicted molar refractivity (Wildman–Crippen MR) is 91.4 cm³/mol. The number of phenols is 1. The van der Waals surface area contributed by atoms with E-state index in [4.69, 9.17) is 27.9 Å². The maximum Gasteiger partial charge on any atom is 0.338 e. The quantitative estimate of drug-likeness (QED) is 0.789. The van der Waals surface area contributed by atoms with Gasteiger partial charge in [-0.3, -0.25) is 4.79 Å². The fourth-order valence-electron chi connectivity index (χ4n) is 2.06. The Bertz CT molecular complexity index is 764. The van der Waals surface area contributed by atoms with Gasteiger partial charge in [0.15, 0.2) is 6.61 Å². The summed E-state index contributed by atoms with van der Waals surface area (Å²) >= 11 is 11.9. The Morgan fingerprint density at radius 1 is 1.21 bits per heavy atom. The minimum Gasteiger partial charge on any atom is -0.508 e. The molecule has 0 saturated heterocycles. The predicted octanol–water partition coefficient (Wildman–Crippen LogP) is 3.73. The highest BCUT2D eigenvalue weighted by molar-refractivity contribution is 6.35. The monoisotopic (exact) mass is 367 g/mol. The lowest BCUT2D eigenvalue weighted by atomic mass is 10.1. The zero-order valence-corrected chi connectivity index (χ0v) is 14.3. The van der Waals surface area contributed by atoms with Crippen LogP contribution in [-0.4, -0.2) is 23.6 Å². The van der Waals surface area contributed by atoms with Gasteiger partial charge in [0, 0.05) is 10.0 Å². The number of hydrogen-bond acceptors (Lipinski definition) is 4. The molecule has 126 valence electrons. The number of rotatable bonds is 5. The van der Waals surface area contributed by atoms with Crippen LogP contribution in [0.2, 0.25) is 10.0 Å². The highest BCUT2D eigenvalue weighted by Crippen LogP contribution is 2.26. The number of amides is 1. The molecule has 0 heterocycles. The molecular formula is C17H15Cl2NO4. The van der Waals surface area contributed by atoms with Crippen molar-refractivity contribution < 1.29 is 19.4 Å².